The van der Waals surface area contributed by atoms with Crippen LogP contribution in [0, 0.1) is 0 Å². The van der Waals surface area contributed by atoms with Crippen LogP contribution >= 0.6 is 0 Å². The molecule has 0 aliphatic heterocycles. The van der Waals surface area contributed by atoms with Crippen LogP contribution in [0.5, 0.6) is 0 Å². The van der Waals surface area contributed by atoms with Crippen molar-refractivity contribution in [2.24, 2.45) is 0 Å². The largest absolute Gasteiger partial charge is 0.369 e. The predicted molar refractivity (Wildman–Crippen MR) is 83.8 cm³/mol. The standard InChI is InChI=1S/C19H20O2/c1-3-7-16(8-4-1)14-20-18-11-12-19(13-18)21-15-17-9-5-2-6-10-17/h1-12,18-19H,13-15H2/t18-,19-/m1/s1. The Hall–Kier alpha value is -1.90. The molecular weight excluding hydrogens is 260 g/mol. The van der Waals surface area contributed by atoms with Crippen molar-refractivity contribution < 1.29 is 9.47 Å². The zero-order chi connectivity index (χ0) is 14.3. The molecular formula is C19H20O2. The Morgan fingerprint density at radius 2 is 1.10 bits per heavy atom. The van der Waals surface area contributed by atoms with Gasteiger partial charge in [-0.3, -0.25) is 0 Å². The van der Waals surface area contributed by atoms with Crippen LogP contribution in [0.2, 0.25) is 0 Å². The van der Waals surface area contributed by atoms with Crippen molar-refractivity contribution in [3.63, 3.8) is 0 Å². The summed E-state index contributed by atoms with van der Waals surface area (Å²) < 4.78 is 11.8. The summed E-state index contributed by atoms with van der Waals surface area (Å²) in [6.07, 6.45) is 5.44. The van der Waals surface area contributed by atoms with E-state index in [1.807, 2.05) is 36.4 Å². The van der Waals surface area contributed by atoms with E-state index in [4.69, 9.17) is 9.47 Å². The van der Waals surface area contributed by atoms with Crippen molar-refractivity contribution >= 4 is 0 Å². The molecule has 0 fully saturated rings. The van der Waals surface area contributed by atoms with Crippen molar-refractivity contribution in [1.82, 2.24) is 0 Å². The van der Waals surface area contributed by atoms with Crippen molar-refractivity contribution in [2.75, 3.05) is 0 Å². The first kappa shape index (κ1) is 14.1. The molecule has 0 saturated heterocycles. The highest BCUT2D eigenvalue weighted by Crippen LogP contribution is 2.19. The maximum Gasteiger partial charge on any atom is 0.0789 e. The molecule has 0 radical (unpaired) electrons. The monoisotopic (exact) mass is 280 g/mol. The SMILES string of the molecule is C1=C[C@@H](OCc2ccccc2)C[C@@H]1OCc1ccccc1. The average molecular weight is 280 g/mol. The molecule has 1 aliphatic carbocycles. The van der Waals surface area contributed by atoms with Gasteiger partial charge in [-0.2, -0.15) is 0 Å². The van der Waals surface area contributed by atoms with Crippen molar-refractivity contribution in [2.45, 2.75) is 31.8 Å². The molecule has 1 aliphatic rings. The summed E-state index contributed by atoms with van der Waals surface area (Å²) >= 11 is 0. The van der Waals surface area contributed by atoms with Gasteiger partial charge >= 0.3 is 0 Å². The fourth-order valence-electron chi connectivity index (χ4n) is 2.44. The fourth-order valence-corrected chi connectivity index (χ4v) is 2.44. The molecule has 2 heteroatoms. The highest BCUT2D eigenvalue weighted by Gasteiger charge is 2.19. The Bertz CT molecular complexity index is 511. The lowest BCUT2D eigenvalue weighted by Gasteiger charge is -2.14. The summed E-state index contributed by atoms with van der Waals surface area (Å²) in [4.78, 5) is 0. The lowest BCUT2D eigenvalue weighted by Crippen LogP contribution is -2.14. The number of rotatable bonds is 6. The number of hydrogen-bond donors (Lipinski definition) is 0. The van der Waals surface area contributed by atoms with Crippen LogP contribution in [0.15, 0.2) is 72.8 Å². The summed E-state index contributed by atoms with van der Waals surface area (Å²) in [5, 5.41) is 0. The van der Waals surface area contributed by atoms with Gasteiger partial charge in [-0.15, -0.1) is 0 Å². The molecule has 0 unspecified atom stereocenters. The third-order valence-corrected chi connectivity index (χ3v) is 3.62. The highest BCUT2D eigenvalue weighted by atomic mass is 16.5. The molecule has 0 spiro atoms. The molecule has 0 heterocycles. The first-order valence-corrected chi connectivity index (χ1v) is 7.39. The molecule has 3 rings (SSSR count). The number of ether oxygens (including phenoxy) is 2. The lowest BCUT2D eigenvalue weighted by molar-refractivity contribution is 0.0199. The number of benzene rings is 2. The highest BCUT2D eigenvalue weighted by molar-refractivity contribution is 5.15. The van der Waals surface area contributed by atoms with Crippen LogP contribution in [0.25, 0.3) is 0 Å². The zero-order valence-corrected chi connectivity index (χ0v) is 12.0. The molecule has 2 aromatic rings. The molecule has 0 amide bonds. The van der Waals surface area contributed by atoms with Gasteiger partial charge in [0.2, 0.25) is 0 Å². The lowest BCUT2D eigenvalue weighted by atomic mass is 10.2. The first-order chi connectivity index (χ1) is 10.4. The van der Waals surface area contributed by atoms with Crippen LogP contribution in [0.1, 0.15) is 17.5 Å². The van der Waals surface area contributed by atoms with E-state index in [-0.39, 0.29) is 12.2 Å². The molecule has 21 heavy (non-hydrogen) atoms. The third-order valence-electron chi connectivity index (χ3n) is 3.62. The average Bonchev–Trinajstić information content (AvgIpc) is 3.01. The number of hydrogen-bond acceptors (Lipinski definition) is 2. The van der Waals surface area contributed by atoms with Gasteiger partial charge in [-0.25, -0.2) is 0 Å². The fraction of sp³-hybridized carbons (Fsp3) is 0.263. The second-order valence-electron chi connectivity index (χ2n) is 5.29. The van der Waals surface area contributed by atoms with E-state index in [0.717, 1.165) is 6.42 Å². The van der Waals surface area contributed by atoms with Crippen molar-refractivity contribution in [3.05, 3.63) is 83.9 Å². The molecule has 2 nitrogen and oxygen atoms in total. The quantitative estimate of drug-likeness (QED) is 0.741. The van der Waals surface area contributed by atoms with Gasteiger partial charge in [-0.1, -0.05) is 72.8 Å². The smallest absolute Gasteiger partial charge is 0.0789 e. The van der Waals surface area contributed by atoms with Crippen molar-refractivity contribution in [1.29, 1.82) is 0 Å². The van der Waals surface area contributed by atoms with Gasteiger partial charge < -0.3 is 9.47 Å². The predicted octanol–water partition coefficient (Wildman–Crippen LogP) is 4.12. The van der Waals surface area contributed by atoms with E-state index in [1.54, 1.807) is 0 Å². The maximum absolute atomic E-state index is 5.90. The minimum atomic E-state index is 0.158. The Kier molecular flexibility index (Phi) is 4.82. The normalized spacial score (nSPS) is 20.8. The van der Waals surface area contributed by atoms with Crippen LogP contribution in [-0.4, -0.2) is 12.2 Å². The van der Waals surface area contributed by atoms with Gasteiger partial charge in [-0.05, 0) is 11.1 Å². The summed E-state index contributed by atoms with van der Waals surface area (Å²) in [7, 11) is 0. The van der Waals surface area contributed by atoms with Crippen LogP contribution in [0.3, 0.4) is 0 Å². The third kappa shape index (κ3) is 4.28. The summed E-state index contributed by atoms with van der Waals surface area (Å²) in [5.41, 5.74) is 2.42. The van der Waals surface area contributed by atoms with Crippen molar-refractivity contribution in [3.8, 4) is 0 Å². The minimum Gasteiger partial charge on any atom is -0.369 e. The topological polar surface area (TPSA) is 18.5 Å². The zero-order valence-electron chi connectivity index (χ0n) is 12.0. The Labute approximate surface area is 126 Å². The van der Waals surface area contributed by atoms with Gasteiger partial charge in [0.05, 0.1) is 25.4 Å². The first-order valence-electron chi connectivity index (χ1n) is 7.39. The molecule has 108 valence electrons. The summed E-state index contributed by atoms with van der Waals surface area (Å²) in [5.74, 6) is 0. The Morgan fingerprint density at radius 1 is 0.667 bits per heavy atom. The molecule has 2 aromatic carbocycles. The van der Waals surface area contributed by atoms with E-state index >= 15 is 0 Å². The minimum absolute atomic E-state index is 0.158. The molecule has 0 aromatic heterocycles. The second-order valence-corrected chi connectivity index (χ2v) is 5.29. The van der Waals surface area contributed by atoms with Crippen LogP contribution in [-0.2, 0) is 22.7 Å². The molecule has 0 saturated carbocycles. The Morgan fingerprint density at radius 3 is 1.52 bits per heavy atom. The molecule has 2 atom stereocenters. The van der Waals surface area contributed by atoms with E-state index in [0.29, 0.717) is 13.2 Å². The molecule has 0 bridgehead atoms. The second kappa shape index (κ2) is 7.21. The van der Waals surface area contributed by atoms with Crippen LogP contribution in [0.4, 0.5) is 0 Å². The van der Waals surface area contributed by atoms with Gasteiger partial charge in [0, 0.05) is 6.42 Å². The molecule has 0 N–H and O–H groups in total. The Balaban J connectivity index is 1.41. The maximum atomic E-state index is 5.90. The van der Waals surface area contributed by atoms with E-state index in [9.17, 15) is 0 Å². The van der Waals surface area contributed by atoms with E-state index in [2.05, 4.69) is 36.4 Å². The van der Waals surface area contributed by atoms with Gasteiger partial charge in [0.25, 0.3) is 0 Å². The van der Waals surface area contributed by atoms with Gasteiger partial charge in [0.1, 0.15) is 0 Å². The summed E-state index contributed by atoms with van der Waals surface area (Å²) in [6, 6.07) is 20.5. The summed E-state index contributed by atoms with van der Waals surface area (Å²) in [6.45, 7) is 1.31. The van der Waals surface area contributed by atoms with E-state index in [1.165, 1.54) is 11.1 Å². The van der Waals surface area contributed by atoms with Gasteiger partial charge in [0.15, 0.2) is 0 Å². The van der Waals surface area contributed by atoms with E-state index < -0.39 is 0 Å². The van der Waals surface area contributed by atoms with Crippen LogP contribution < -0.4 is 0 Å².